The van der Waals surface area contributed by atoms with Gasteiger partial charge in [0, 0.05) is 18.8 Å². The lowest BCUT2D eigenvalue weighted by Gasteiger charge is -2.37. The van der Waals surface area contributed by atoms with Crippen LogP contribution in [0.25, 0.3) is 11.1 Å². The third-order valence-corrected chi connectivity index (χ3v) is 10.7. The van der Waals surface area contributed by atoms with Gasteiger partial charge in [-0.25, -0.2) is 4.79 Å². The molecular weight excluding hydrogens is 421 g/mol. The lowest BCUT2D eigenvalue weighted by molar-refractivity contribution is -0.137. The second-order valence-electron chi connectivity index (χ2n) is 9.41. The number of fused-ring (bicyclic) bond motifs is 1. The zero-order valence-corrected chi connectivity index (χ0v) is 19.6. The summed E-state index contributed by atoms with van der Waals surface area (Å²) in [6.07, 6.45) is -4.36. The predicted molar refractivity (Wildman–Crippen MR) is 119 cm³/mol. The zero-order chi connectivity index (χ0) is 23.0. The van der Waals surface area contributed by atoms with E-state index in [9.17, 15) is 18.0 Å². The molecule has 3 rings (SSSR count). The average Bonchev–Trinajstić information content (AvgIpc) is 2.66. The van der Waals surface area contributed by atoms with Gasteiger partial charge >= 0.3 is 12.2 Å². The van der Waals surface area contributed by atoms with Gasteiger partial charge in [-0.05, 0) is 59.1 Å². The van der Waals surface area contributed by atoms with E-state index in [1.807, 2.05) is 6.07 Å². The molecular formula is C23H29F3N2O2Si. The highest BCUT2D eigenvalue weighted by atomic mass is 28.4. The quantitative estimate of drug-likeness (QED) is 0.513. The van der Waals surface area contributed by atoms with Crippen molar-refractivity contribution in [2.24, 2.45) is 0 Å². The summed E-state index contributed by atoms with van der Waals surface area (Å²) >= 11 is 0. The second kappa shape index (κ2) is 8.31. The van der Waals surface area contributed by atoms with Crippen LogP contribution in [0.4, 0.5) is 23.7 Å². The van der Waals surface area contributed by atoms with Crippen molar-refractivity contribution in [2.45, 2.75) is 51.6 Å². The number of hydrogen-bond donors (Lipinski definition) is 1. The van der Waals surface area contributed by atoms with Crippen molar-refractivity contribution in [3.8, 4) is 11.1 Å². The summed E-state index contributed by atoms with van der Waals surface area (Å²) in [7, 11) is -1.89. The molecule has 4 nitrogen and oxygen atoms in total. The molecule has 0 unspecified atom stereocenters. The lowest BCUT2D eigenvalue weighted by Crippen LogP contribution is -2.45. The first kappa shape index (κ1) is 23.3. The Balaban J connectivity index is 1.71. The van der Waals surface area contributed by atoms with E-state index in [0.717, 1.165) is 28.9 Å². The molecule has 8 heteroatoms. The molecule has 0 spiro atoms. The molecule has 1 aliphatic heterocycles. The summed E-state index contributed by atoms with van der Waals surface area (Å²) in [5.74, 6) is 0. The normalized spacial score (nSPS) is 15.0. The maximum Gasteiger partial charge on any atom is 0.416 e. The van der Waals surface area contributed by atoms with Gasteiger partial charge in [0.1, 0.15) is 0 Å². The van der Waals surface area contributed by atoms with E-state index in [0.29, 0.717) is 25.3 Å². The Hall–Kier alpha value is -2.32. The molecule has 2 aromatic carbocycles. The molecule has 2 amide bonds. The highest BCUT2D eigenvalue weighted by Crippen LogP contribution is 2.37. The number of anilines is 1. The third kappa shape index (κ3) is 5.30. The Labute approximate surface area is 182 Å². The van der Waals surface area contributed by atoms with Gasteiger partial charge in [-0.15, -0.1) is 0 Å². The number of carbonyl (C=O) groups excluding carboxylic acids is 1. The number of alkyl halides is 3. The van der Waals surface area contributed by atoms with Crippen LogP contribution in [0, 0.1) is 0 Å². The minimum Gasteiger partial charge on any atom is -0.415 e. The van der Waals surface area contributed by atoms with Crippen LogP contribution >= 0.6 is 0 Å². The smallest absolute Gasteiger partial charge is 0.415 e. The predicted octanol–water partition coefficient (Wildman–Crippen LogP) is 6.74. The van der Waals surface area contributed by atoms with Crippen molar-refractivity contribution >= 4 is 20.0 Å². The number of nitrogens with zero attached hydrogens (tertiary/aromatic N) is 1. The van der Waals surface area contributed by atoms with E-state index in [2.05, 4.69) is 39.2 Å². The minimum atomic E-state index is -4.36. The molecule has 31 heavy (non-hydrogen) atoms. The summed E-state index contributed by atoms with van der Waals surface area (Å²) in [6.45, 7) is 12.2. The fourth-order valence-electron chi connectivity index (χ4n) is 3.16. The first-order chi connectivity index (χ1) is 14.3. The molecule has 0 saturated carbocycles. The molecule has 0 radical (unpaired) electrons. The molecule has 168 valence electrons. The first-order valence-corrected chi connectivity index (χ1v) is 13.2. The summed E-state index contributed by atoms with van der Waals surface area (Å²) in [5, 5.41) is 2.99. The molecule has 2 aromatic rings. The number of urea groups is 1. The van der Waals surface area contributed by atoms with Gasteiger partial charge in [-0.3, -0.25) is 0 Å². The Morgan fingerprint density at radius 1 is 1.03 bits per heavy atom. The fraction of sp³-hybridized carbons (Fsp3) is 0.435. The molecule has 0 aromatic heterocycles. The molecule has 0 fully saturated rings. The van der Waals surface area contributed by atoms with Gasteiger partial charge < -0.3 is 14.6 Å². The van der Waals surface area contributed by atoms with E-state index in [1.54, 1.807) is 17.0 Å². The van der Waals surface area contributed by atoms with Gasteiger partial charge in [0.15, 0.2) is 8.32 Å². The maximum absolute atomic E-state index is 12.8. The van der Waals surface area contributed by atoms with E-state index < -0.39 is 20.1 Å². The molecule has 0 saturated heterocycles. The maximum atomic E-state index is 12.8. The number of rotatable bonds is 5. The standard InChI is InChI=1S/C23H29F3N2O2Si/c1-22(2,3)31(4,5)30-13-12-28-15-18-14-17(8-11-20(18)27-21(28)29)16-6-9-19(10-7-16)23(24,25)26/h6-11,14H,12-13,15H2,1-5H3,(H,27,29). The van der Waals surface area contributed by atoms with Gasteiger partial charge in [-0.1, -0.05) is 39.0 Å². The Morgan fingerprint density at radius 2 is 1.65 bits per heavy atom. The monoisotopic (exact) mass is 450 g/mol. The molecule has 1 heterocycles. The van der Waals surface area contributed by atoms with Crippen molar-refractivity contribution in [1.29, 1.82) is 0 Å². The molecule has 0 bridgehead atoms. The van der Waals surface area contributed by atoms with Gasteiger partial charge in [0.25, 0.3) is 0 Å². The van der Waals surface area contributed by atoms with E-state index in [4.69, 9.17) is 4.43 Å². The molecule has 0 aliphatic carbocycles. The largest absolute Gasteiger partial charge is 0.416 e. The molecule has 1 aliphatic rings. The summed E-state index contributed by atoms with van der Waals surface area (Å²) in [4.78, 5) is 14.2. The van der Waals surface area contributed by atoms with Crippen molar-refractivity contribution in [3.63, 3.8) is 0 Å². The van der Waals surface area contributed by atoms with Gasteiger partial charge in [0.2, 0.25) is 0 Å². The second-order valence-corrected chi connectivity index (χ2v) is 14.2. The zero-order valence-electron chi connectivity index (χ0n) is 18.6. The Kier molecular flexibility index (Phi) is 6.26. The van der Waals surface area contributed by atoms with Crippen molar-refractivity contribution in [2.75, 3.05) is 18.5 Å². The minimum absolute atomic E-state index is 0.0975. The Bertz CT molecular complexity index is 951. The lowest BCUT2D eigenvalue weighted by atomic mass is 9.99. The third-order valence-electron chi connectivity index (χ3n) is 6.17. The first-order valence-electron chi connectivity index (χ1n) is 10.3. The SMILES string of the molecule is CC(C)(C)[Si](C)(C)OCCN1Cc2cc(-c3ccc(C(F)(F)F)cc3)ccc2NC1=O. The highest BCUT2D eigenvalue weighted by molar-refractivity contribution is 6.74. The summed E-state index contributed by atoms with van der Waals surface area (Å²) < 4.78 is 44.6. The topological polar surface area (TPSA) is 41.6 Å². The fourth-order valence-corrected chi connectivity index (χ4v) is 4.19. The van der Waals surface area contributed by atoms with E-state index in [-0.39, 0.29) is 11.1 Å². The van der Waals surface area contributed by atoms with E-state index >= 15 is 0 Å². The highest BCUT2D eigenvalue weighted by Gasteiger charge is 2.37. The van der Waals surface area contributed by atoms with E-state index in [1.165, 1.54) is 12.1 Å². The Morgan fingerprint density at radius 3 is 2.23 bits per heavy atom. The molecule has 0 atom stereocenters. The summed E-state index contributed by atoms with van der Waals surface area (Å²) in [5.41, 5.74) is 2.47. The van der Waals surface area contributed by atoms with Crippen LogP contribution in [0.2, 0.25) is 18.1 Å². The van der Waals surface area contributed by atoms with Crippen molar-refractivity contribution in [1.82, 2.24) is 4.90 Å². The molecule has 1 N–H and O–H groups in total. The number of benzene rings is 2. The van der Waals surface area contributed by atoms with Crippen molar-refractivity contribution < 1.29 is 22.4 Å². The average molecular weight is 451 g/mol. The summed E-state index contributed by atoms with van der Waals surface area (Å²) in [6, 6.07) is 10.4. The van der Waals surface area contributed by atoms with Crippen LogP contribution in [0.5, 0.6) is 0 Å². The number of amides is 2. The van der Waals surface area contributed by atoms with Crippen LogP contribution in [0.1, 0.15) is 31.9 Å². The van der Waals surface area contributed by atoms with Crippen LogP contribution < -0.4 is 5.32 Å². The van der Waals surface area contributed by atoms with Crippen molar-refractivity contribution in [3.05, 3.63) is 53.6 Å². The van der Waals surface area contributed by atoms with Crippen LogP contribution in [0.3, 0.4) is 0 Å². The number of carbonyl (C=O) groups is 1. The number of hydrogen-bond acceptors (Lipinski definition) is 2. The van der Waals surface area contributed by atoms with Crippen LogP contribution in [-0.4, -0.2) is 32.4 Å². The number of nitrogens with one attached hydrogen (secondary N) is 1. The van der Waals surface area contributed by atoms with Gasteiger partial charge in [-0.2, -0.15) is 13.2 Å². The number of halogens is 3. The van der Waals surface area contributed by atoms with Crippen LogP contribution in [-0.2, 0) is 17.1 Å². The van der Waals surface area contributed by atoms with Crippen LogP contribution in [0.15, 0.2) is 42.5 Å². The van der Waals surface area contributed by atoms with Gasteiger partial charge in [0.05, 0.1) is 12.2 Å².